The maximum atomic E-state index is 12.4. The average Bonchev–Trinajstić information content (AvgIpc) is 2.47. The molecule has 0 unspecified atom stereocenters. The average molecular weight is 269 g/mol. The number of aryl methyl sites for hydroxylation is 1. The molecule has 1 aromatic heterocycles. The molecule has 2 aromatic rings. The molecule has 0 saturated carbocycles. The topological polar surface area (TPSA) is 59.2 Å². The highest BCUT2D eigenvalue weighted by Gasteiger charge is 2.15. The van der Waals surface area contributed by atoms with Crippen LogP contribution in [0.15, 0.2) is 42.6 Å². The third-order valence-electron chi connectivity index (χ3n) is 3.33. The van der Waals surface area contributed by atoms with Crippen molar-refractivity contribution in [1.29, 1.82) is 0 Å². The molecule has 104 valence electrons. The van der Waals surface area contributed by atoms with E-state index in [0.29, 0.717) is 18.7 Å². The number of benzene rings is 1. The standard InChI is InChI=1S/C16H19N3O/c1-12-15(8-5-9-18-12)16(20)19(2)11-14-7-4-3-6-13(14)10-17/h3-9H,10-11,17H2,1-2H3. The lowest BCUT2D eigenvalue weighted by atomic mass is 10.1. The van der Waals surface area contributed by atoms with Gasteiger partial charge in [-0.3, -0.25) is 9.78 Å². The highest BCUT2D eigenvalue weighted by molar-refractivity contribution is 5.94. The van der Waals surface area contributed by atoms with Crippen molar-refractivity contribution < 1.29 is 4.79 Å². The van der Waals surface area contributed by atoms with Crippen molar-refractivity contribution in [1.82, 2.24) is 9.88 Å². The summed E-state index contributed by atoms with van der Waals surface area (Å²) in [5, 5.41) is 0. The summed E-state index contributed by atoms with van der Waals surface area (Å²) in [6, 6.07) is 11.5. The number of nitrogens with two attached hydrogens (primary N) is 1. The second-order valence-corrected chi connectivity index (χ2v) is 4.77. The SMILES string of the molecule is Cc1ncccc1C(=O)N(C)Cc1ccccc1CN. The first-order chi connectivity index (χ1) is 9.63. The molecule has 2 N–H and O–H groups in total. The number of rotatable bonds is 4. The van der Waals surface area contributed by atoms with Gasteiger partial charge in [0, 0.05) is 32.0 Å². The van der Waals surface area contributed by atoms with E-state index in [1.165, 1.54) is 0 Å². The molecule has 1 aromatic carbocycles. The van der Waals surface area contributed by atoms with Gasteiger partial charge in [-0.25, -0.2) is 0 Å². The maximum absolute atomic E-state index is 12.4. The summed E-state index contributed by atoms with van der Waals surface area (Å²) in [6.07, 6.45) is 1.69. The van der Waals surface area contributed by atoms with Gasteiger partial charge in [-0.05, 0) is 30.2 Å². The van der Waals surface area contributed by atoms with Gasteiger partial charge in [-0.1, -0.05) is 24.3 Å². The summed E-state index contributed by atoms with van der Waals surface area (Å²) in [4.78, 5) is 18.3. The third kappa shape index (κ3) is 3.03. The van der Waals surface area contributed by atoms with Gasteiger partial charge in [0.25, 0.3) is 5.91 Å². The molecule has 0 aliphatic heterocycles. The summed E-state index contributed by atoms with van der Waals surface area (Å²) in [5.41, 5.74) is 9.25. The molecule has 0 aliphatic carbocycles. The molecule has 4 heteroatoms. The first-order valence-electron chi connectivity index (χ1n) is 6.57. The number of hydrogen-bond donors (Lipinski definition) is 1. The second kappa shape index (κ2) is 6.30. The molecule has 4 nitrogen and oxygen atoms in total. The van der Waals surface area contributed by atoms with Gasteiger partial charge in [-0.15, -0.1) is 0 Å². The van der Waals surface area contributed by atoms with Gasteiger partial charge in [-0.2, -0.15) is 0 Å². The summed E-state index contributed by atoms with van der Waals surface area (Å²) in [7, 11) is 1.79. The van der Waals surface area contributed by atoms with Crippen molar-refractivity contribution in [2.45, 2.75) is 20.0 Å². The number of carbonyl (C=O) groups excluding carboxylic acids is 1. The fraction of sp³-hybridized carbons (Fsp3) is 0.250. The Morgan fingerprint density at radius 1 is 1.20 bits per heavy atom. The molecular weight excluding hydrogens is 250 g/mol. The monoisotopic (exact) mass is 269 g/mol. The number of pyridine rings is 1. The first kappa shape index (κ1) is 14.2. The van der Waals surface area contributed by atoms with Crippen molar-refractivity contribution in [3.05, 3.63) is 65.0 Å². The number of carbonyl (C=O) groups is 1. The highest BCUT2D eigenvalue weighted by atomic mass is 16.2. The van der Waals surface area contributed by atoms with Crippen LogP contribution in [0.3, 0.4) is 0 Å². The van der Waals surface area contributed by atoms with Crippen molar-refractivity contribution in [2.24, 2.45) is 5.73 Å². The van der Waals surface area contributed by atoms with Crippen LogP contribution in [-0.4, -0.2) is 22.8 Å². The molecule has 0 bridgehead atoms. The maximum Gasteiger partial charge on any atom is 0.255 e. The van der Waals surface area contributed by atoms with Gasteiger partial charge in [0.2, 0.25) is 0 Å². The third-order valence-corrected chi connectivity index (χ3v) is 3.33. The summed E-state index contributed by atoms with van der Waals surface area (Å²) in [6.45, 7) is 2.86. The Balaban J connectivity index is 2.18. The zero-order chi connectivity index (χ0) is 14.5. The fourth-order valence-electron chi connectivity index (χ4n) is 2.15. The van der Waals surface area contributed by atoms with E-state index in [1.54, 1.807) is 30.3 Å². The molecule has 0 atom stereocenters. The van der Waals surface area contributed by atoms with Crippen molar-refractivity contribution in [3.8, 4) is 0 Å². The largest absolute Gasteiger partial charge is 0.337 e. The van der Waals surface area contributed by atoms with E-state index in [-0.39, 0.29) is 5.91 Å². The number of amides is 1. The summed E-state index contributed by atoms with van der Waals surface area (Å²) < 4.78 is 0. The zero-order valence-electron chi connectivity index (χ0n) is 11.8. The minimum absolute atomic E-state index is 0.0255. The normalized spacial score (nSPS) is 10.3. The minimum Gasteiger partial charge on any atom is -0.337 e. The van der Waals surface area contributed by atoms with Gasteiger partial charge in [0.15, 0.2) is 0 Å². The Labute approximate surface area is 119 Å². The van der Waals surface area contributed by atoms with Gasteiger partial charge < -0.3 is 10.6 Å². The molecule has 1 heterocycles. The quantitative estimate of drug-likeness (QED) is 0.925. The van der Waals surface area contributed by atoms with Crippen LogP contribution in [0.25, 0.3) is 0 Å². The van der Waals surface area contributed by atoms with Crippen LogP contribution in [-0.2, 0) is 13.1 Å². The van der Waals surface area contributed by atoms with E-state index in [9.17, 15) is 4.79 Å². The second-order valence-electron chi connectivity index (χ2n) is 4.77. The first-order valence-corrected chi connectivity index (χ1v) is 6.57. The smallest absolute Gasteiger partial charge is 0.255 e. The zero-order valence-corrected chi connectivity index (χ0v) is 11.8. The van der Waals surface area contributed by atoms with Gasteiger partial charge in [0.05, 0.1) is 5.56 Å². The molecule has 0 spiro atoms. The summed E-state index contributed by atoms with van der Waals surface area (Å²) in [5.74, 6) is -0.0255. The highest BCUT2D eigenvalue weighted by Crippen LogP contribution is 2.13. The Bertz CT molecular complexity index is 610. The lowest BCUT2D eigenvalue weighted by Crippen LogP contribution is -2.27. The summed E-state index contributed by atoms with van der Waals surface area (Å²) >= 11 is 0. The molecule has 20 heavy (non-hydrogen) atoms. The van der Waals surface area contributed by atoms with Crippen molar-refractivity contribution >= 4 is 5.91 Å². The van der Waals surface area contributed by atoms with E-state index in [4.69, 9.17) is 5.73 Å². The van der Waals surface area contributed by atoms with E-state index in [0.717, 1.165) is 16.8 Å². The Kier molecular flexibility index (Phi) is 4.48. The lowest BCUT2D eigenvalue weighted by Gasteiger charge is -2.19. The number of nitrogens with zero attached hydrogens (tertiary/aromatic N) is 2. The lowest BCUT2D eigenvalue weighted by molar-refractivity contribution is 0.0783. The molecular formula is C16H19N3O. The van der Waals surface area contributed by atoms with Crippen LogP contribution in [0.5, 0.6) is 0 Å². The van der Waals surface area contributed by atoms with Crippen LogP contribution >= 0.6 is 0 Å². The van der Waals surface area contributed by atoms with Crippen LogP contribution in [0.1, 0.15) is 27.2 Å². The minimum atomic E-state index is -0.0255. The number of aromatic nitrogens is 1. The van der Waals surface area contributed by atoms with Crippen molar-refractivity contribution in [3.63, 3.8) is 0 Å². The Morgan fingerprint density at radius 3 is 2.55 bits per heavy atom. The molecule has 0 fully saturated rings. The Morgan fingerprint density at radius 2 is 1.90 bits per heavy atom. The van der Waals surface area contributed by atoms with Crippen LogP contribution in [0.4, 0.5) is 0 Å². The van der Waals surface area contributed by atoms with E-state index in [1.807, 2.05) is 31.2 Å². The van der Waals surface area contributed by atoms with E-state index in [2.05, 4.69) is 4.98 Å². The van der Waals surface area contributed by atoms with Gasteiger partial charge in [0.1, 0.15) is 0 Å². The number of hydrogen-bond acceptors (Lipinski definition) is 3. The van der Waals surface area contributed by atoms with Crippen LogP contribution < -0.4 is 5.73 Å². The van der Waals surface area contributed by atoms with Gasteiger partial charge >= 0.3 is 0 Å². The molecule has 0 aliphatic rings. The molecule has 2 rings (SSSR count). The molecule has 0 saturated heterocycles. The molecule has 1 amide bonds. The van der Waals surface area contributed by atoms with Crippen LogP contribution in [0.2, 0.25) is 0 Å². The Hall–Kier alpha value is -2.20. The molecule has 0 radical (unpaired) electrons. The van der Waals surface area contributed by atoms with E-state index >= 15 is 0 Å². The fourth-order valence-corrected chi connectivity index (χ4v) is 2.15. The van der Waals surface area contributed by atoms with E-state index < -0.39 is 0 Å². The predicted octanol–water partition coefficient (Wildman–Crippen LogP) is 2.12. The van der Waals surface area contributed by atoms with Crippen molar-refractivity contribution in [2.75, 3.05) is 7.05 Å². The predicted molar refractivity (Wildman–Crippen MR) is 79.1 cm³/mol. The van der Waals surface area contributed by atoms with Crippen LogP contribution in [0, 0.1) is 6.92 Å².